The van der Waals surface area contributed by atoms with Gasteiger partial charge in [-0.3, -0.25) is 19.9 Å². The van der Waals surface area contributed by atoms with Crippen LogP contribution in [0.5, 0.6) is 0 Å². The summed E-state index contributed by atoms with van der Waals surface area (Å²) in [6.45, 7) is 0. The van der Waals surface area contributed by atoms with Gasteiger partial charge in [-0.05, 0) is 37.1 Å². The monoisotopic (exact) mass is 513 g/mol. The maximum atomic E-state index is 16.0. The van der Waals surface area contributed by atoms with Gasteiger partial charge in [0.2, 0.25) is 5.91 Å². The second kappa shape index (κ2) is 8.27. The lowest BCUT2D eigenvalue weighted by atomic mass is 10.1. The molecule has 182 valence electrons. The zero-order valence-electron chi connectivity index (χ0n) is 19.0. The van der Waals surface area contributed by atoms with Crippen LogP contribution in [0.2, 0.25) is 0 Å². The molecule has 1 aliphatic carbocycles. The highest BCUT2D eigenvalue weighted by molar-refractivity contribution is 7.14. The lowest BCUT2D eigenvalue weighted by molar-refractivity contribution is -0.117. The highest BCUT2D eigenvalue weighted by atomic mass is 32.1. The molecule has 0 bridgehead atoms. The maximum Gasteiger partial charge on any atom is 0.227 e. The van der Waals surface area contributed by atoms with Gasteiger partial charge in [0.25, 0.3) is 0 Å². The highest BCUT2D eigenvalue weighted by Gasteiger charge is 2.29. The fourth-order valence-electron chi connectivity index (χ4n) is 4.38. The molecular formula is C26H17F2N7OS. The molecule has 0 aliphatic heterocycles. The number of hydrogen-bond donors (Lipinski definition) is 3. The molecule has 11 heteroatoms. The standard InChI is InChI=1S/C26H17F2N7OS/c27-19-7-6-18(37-19)15-2-1-3-16-23(15)33-25(32-16)24-20-17(34-35-24)11-30-22(21(20)28)13-8-14(10-29-9-13)31-26(36)12-4-5-12/h1-3,6-12H,4-5H2,(H,31,36)(H,32,33)(H,34,35). The van der Waals surface area contributed by atoms with Crippen LogP contribution in [0.3, 0.4) is 0 Å². The number of anilines is 1. The number of nitrogens with one attached hydrogen (secondary N) is 3. The third kappa shape index (κ3) is 3.75. The first-order chi connectivity index (χ1) is 18.0. The fourth-order valence-corrected chi connectivity index (χ4v) is 5.13. The first kappa shape index (κ1) is 21.7. The van der Waals surface area contributed by atoms with E-state index < -0.39 is 5.82 Å². The smallest absolute Gasteiger partial charge is 0.227 e. The van der Waals surface area contributed by atoms with Gasteiger partial charge in [0.15, 0.2) is 16.8 Å². The number of imidazole rings is 1. The summed E-state index contributed by atoms with van der Waals surface area (Å²) in [5.74, 6) is -0.249. The lowest BCUT2D eigenvalue weighted by Crippen LogP contribution is -2.13. The molecule has 7 rings (SSSR count). The number of benzene rings is 1. The van der Waals surface area contributed by atoms with E-state index in [1.165, 1.54) is 24.7 Å². The van der Waals surface area contributed by atoms with Crippen LogP contribution in [0.25, 0.3) is 55.2 Å². The van der Waals surface area contributed by atoms with E-state index in [1.54, 1.807) is 12.1 Å². The van der Waals surface area contributed by atoms with Crippen molar-refractivity contribution in [3.8, 4) is 33.2 Å². The van der Waals surface area contributed by atoms with Crippen molar-refractivity contribution < 1.29 is 13.6 Å². The molecule has 1 fully saturated rings. The normalized spacial score (nSPS) is 13.5. The van der Waals surface area contributed by atoms with Crippen molar-refractivity contribution in [2.75, 3.05) is 5.32 Å². The number of hydrogen-bond acceptors (Lipinski definition) is 6. The Labute approximate surface area is 211 Å². The minimum Gasteiger partial charge on any atom is -0.337 e. The molecule has 1 aliphatic rings. The highest BCUT2D eigenvalue weighted by Crippen LogP contribution is 2.36. The molecule has 1 aromatic carbocycles. The number of carbonyl (C=O) groups is 1. The number of aromatic amines is 2. The van der Waals surface area contributed by atoms with E-state index in [-0.39, 0.29) is 28.0 Å². The van der Waals surface area contributed by atoms with E-state index in [1.807, 2.05) is 18.2 Å². The van der Waals surface area contributed by atoms with Gasteiger partial charge in [0.1, 0.15) is 11.4 Å². The molecule has 0 unspecified atom stereocenters. The molecule has 8 nitrogen and oxygen atoms in total. The summed E-state index contributed by atoms with van der Waals surface area (Å²) in [4.78, 5) is 29.3. The zero-order chi connectivity index (χ0) is 25.1. The number of nitrogens with zero attached hydrogens (tertiary/aromatic N) is 4. The van der Waals surface area contributed by atoms with Crippen LogP contribution in [-0.4, -0.2) is 36.0 Å². The second-order valence-electron chi connectivity index (χ2n) is 8.90. The van der Waals surface area contributed by atoms with Gasteiger partial charge < -0.3 is 10.3 Å². The molecule has 3 N–H and O–H groups in total. The quantitative estimate of drug-likeness (QED) is 0.265. The number of aromatic nitrogens is 6. The minimum absolute atomic E-state index is 0.0338. The number of thiophene rings is 1. The SMILES string of the molecule is O=C(Nc1cncc(-c2ncc3[nH]nc(-c4nc5c(-c6ccc(F)s6)cccc5[nH]4)c3c2F)c1)C1CC1. The number of para-hydroxylation sites is 1. The molecule has 37 heavy (non-hydrogen) atoms. The molecule has 5 aromatic heterocycles. The maximum absolute atomic E-state index is 16.0. The van der Waals surface area contributed by atoms with E-state index in [9.17, 15) is 9.18 Å². The first-order valence-corrected chi connectivity index (χ1v) is 12.4. The molecule has 0 spiro atoms. The summed E-state index contributed by atoms with van der Waals surface area (Å²) >= 11 is 1.03. The number of fused-ring (bicyclic) bond motifs is 2. The van der Waals surface area contributed by atoms with Crippen molar-refractivity contribution in [1.82, 2.24) is 30.1 Å². The minimum atomic E-state index is -0.588. The molecule has 0 atom stereocenters. The van der Waals surface area contributed by atoms with Crippen LogP contribution in [0.15, 0.2) is 55.0 Å². The average Bonchev–Trinajstić information content (AvgIpc) is 3.29. The molecule has 5 heterocycles. The second-order valence-corrected chi connectivity index (χ2v) is 9.93. The van der Waals surface area contributed by atoms with E-state index >= 15 is 4.39 Å². The Balaban J connectivity index is 1.32. The van der Waals surface area contributed by atoms with E-state index in [0.29, 0.717) is 33.8 Å². The topological polar surface area (TPSA) is 112 Å². The fraction of sp³-hybridized carbons (Fsp3) is 0.115. The van der Waals surface area contributed by atoms with Crippen molar-refractivity contribution in [3.63, 3.8) is 0 Å². The lowest BCUT2D eigenvalue weighted by Gasteiger charge is -2.07. The predicted molar refractivity (Wildman–Crippen MR) is 137 cm³/mol. The summed E-state index contributed by atoms with van der Waals surface area (Å²) in [7, 11) is 0. The van der Waals surface area contributed by atoms with Crippen LogP contribution in [0.1, 0.15) is 12.8 Å². The summed E-state index contributed by atoms with van der Waals surface area (Å²) < 4.78 is 29.6. The average molecular weight is 514 g/mol. The molecule has 1 amide bonds. The summed E-state index contributed by atoms with van der Waals surface area (Å²) in [5.41, 5.74) is 3.81. The Kier molecular flexibility index (Phi) is 4.86. The third-order valence-electron chi connectivity index (χ3n) is 6.35. The van der Waals surface area contributed by atoms with Crippen LogP contribution in [0, 0.1) is 16.9 Å². The summed E-state index contributed by atoms with van der Waals surface area (Å²) in [5, 5.41) is 9.91. The number of carbonyl (C=O) groups excluding carboxylic acids is 1. The zero-order valence-corrected chi connectivity index (χ0v) is 19.9. The predicted octanol–water partition coefficient (Wildman–Crippen LogP) is 5.92. The van der Waals surface area contributed by atoms with Gasteiger partial charge in [-0.1, -0.05) is 12.1 Å². The van der Waals surface area contributed by atoms with Gasteiger partial charge in [0.05, 0.1) is 40.0 Å². The van der Waals surface area contributed by atoms with Gasteiger partial charge in [-0.2, -0.15) is 9.49 Å². The Hall–Kier alpha value is -4.51. The number of halogens is 2. The van der Waals surface area contributed by atoms with Crippen molar-refractivity contribution in [3.05, 3.63) is 65.9 Å². The number of rotatable bonds is 5. The largest absolute Gasteiger partial charge is 0.337 e. The van der Waals surface area contributed by atoms with Crippen LogP contribution < -0.4 is 5.32 Å². The molecule has 6 aromatic rings. The number of pyridine rings is 2. The van der Waals surface area contributed by atoms with Gasteiger partial charge >= 0.3 is 0 Å². The van der Waals surface area contributed by atoms with E-state index in [2.05, 4.69) is 30.5 Å². The Morgan fingerprint density at radius 3 is 2.76 bits per heavy atom. The molecule has 0 saturated heterocycles. The van der Waals surface area contributed by atoms with Gasteiger partial charge in [-0.25, -0.2) is 9.37 Å². The van der Waals surface area contributed by atoms with E-state index in [4.69, 9.17) is 4.98 Å². The summed E-state index contributed by atoms with van der Waals surface area (Å²) in [6.07, 6.45) is 6.28. The Morgan fingerprint density at radius 1 is 1.05 bits per heavy atom. The summed E-state index contributed by atoms with van der Waals surface area (Å²) in [6, 6.07) is 10.3. The van der Waals surface area contributed by atoms with E-state index in [0.717, 1.165) is 40.1 Å². The van der Waals surface area contributed by atoms with Crippen molar-refractivity contribution in [2.45, 2.75) is 12.8 Å². The number of amides is 1. The third-order valence-corrected chi connectivity index (χ3v) is 7.25. The number of H-pyrrole nitrogens is 2. The van der Waals surface area contributed by atoms with Crippen molar-refractivity contribution in [1.29, 1.82) is 0 Å². The molecule has 1 saturated carbocycles. The van der Waals surface area contributed by atoms with Gasteiger partial charge in [-0.15, -0.1) is 11.3 Å². The van der Waals surface area contributed by atoms with Gasteiger partial charge in [0, 0.05) is 28.1 Å². The Morgan fingerprint density at radius 2 is 1.95 bits per heavy atom. The Bertz CT molecular complexity index is 1840. The first-order valence-electron chi connectivity index (χ1n) is 11.6. The van der Waals surface area contributed by atoms with Crippen LogP contribution in [0.4, 0.5) is 14.5 Å². The molecular weight excluding hydrogens is 496 g/mol. The van der Waals surface area contributed by atoms with Crippen molar-refractivity contribution >= 4 is 44.9 Å². The van der Waals surface area contributed by atoms with Crippen LogP contribution in [-0.2, 0) is 4.79 Å². The van der Waals surface area contributed by atoms with Crippen LogP contribution >= 0.6 is 11.3 Å². The molecule has 0 radical (unpaired) electrons. The van der Waals surface area contributed by atoms with Crippen molar-refractivity contribution in [2.24, 2.45) is 5.92 Å².